The van der Waals surface area contributed by atoms with Crippen molar-refractivity contribution >= 4 is 23.6 Å². The predicted molar refractivity (Wildman–Crippen MR) is 125 cm³/mol. The number of hydrogen-bond donors (Lipinski definition) is 1. The molecule has 0 spiro atoms. The number of benzene rings is 2. The van der Waals surface area contributed by atoms with Crippen molar-refractivity contribution in [2.24, 2.45) is 0 Å². The molecule has 7 nitrogen and oxygen atoms in total. The molecule has 0 bridgehead atoms. The van der Waals surface area contributed by atoms with Crippen molar-refractivity contribution in [3.05, 3.63) is 71.0 Å². The maximum absolute atomic E-state index is 13.3. The second-order valence-electron chi connectivity index (χ2n) is 8.38. The fourth-order valence-corrected chi connectivity index (χ4v) is 3.88. The molecule has 0 fully saturated rings. The summed E-state index contributed by atoms with van der Waals surface area (Å²) in [5.74, 6) is -1.64. The fraction of sp³-hybridized carbons (Fsp3) is 0.385. The van der Waals surface area contributed by atoms with E-state index in [4.69, 9.17) is 0 Å². The molecule has 1 atom stereocenters. The minimum Gasteiger partial charge on any atom is -0.354 e. The van der Waals surface area contributed by atoms with Crippen LogP contribution in [0.1, 0.15) is 65.8 Å². The molecule has 3 rings (SSSR count). The molecule has 34 heavy (non-hydrogen) atoms. The molecule has 180 valence electrons. The minimum absolute atomic E-state index is 0.0567. The summed E-state index contributed by atoms with van der Waals surface area (Å²) < 4.78 is 13.3. The largest absolute Gasteiger partial charge is 0.354 e. The van der Waals surface area contributed by atoms with Crippen molar-refractivity contribution < 1.29 is 23.6 Å². The van der Waals surface area contributed by atoms with Crippen LogP contribution < -0.4 is 5.32 Å². The van der Waals surface area contributed by atoms with E-state index < -0.39 is 6.04 Å². The highest BCUT2D eigenvalue weighted by molar-refractivity contribution is 6.21. The lowest BCUT2D eigenvalue weighted by Gasteiger charge is -2.29. The van der Waals surface area contributed by atoms with E-state index in [9.17, 15) is 23.6 Å². The number of nitrogens with one attached hydrogen (secondary N) is 1. The number of rotatable bonds is 11. The monoisotopic (exact) mass is 467 g/mol. The Bertz CT molecular complexity index is 1020. The van der Waals surface area contributed by atoms with Gasteiger partial charge in [-0.15, -0.1) is 0 Å². The summed E-state index contributed by atoms with van der Waals surface area (Å²) in [6.45, 7) is 4.47. The summed E-state index contributed by atoms with van der Waals surface area (Å²) in [4.78, 5) is 53.4. The molecule has 8 heteroatoms. The number of halogens is 1. The van der Waals surface area contributed by atoms with Crippen LogP contribution in [-0.2, 0) is 16.1 Å². The van der Waals surface area contributed by atoms with Crippen LogP contribution in [0.15, 0.2) is 48.5 Å². The summed E-state index contributed by atoms with van der Waals surface area (Å²) in [5, 5.41) is 2.85. The number of nitrogens with zero attached hydrogens (tertiary/aromatic N) is 2. The van der Waals surface area contributed by atoms with Gasteiger partial charge in [0.15, 0.2) is 0 Å². The molecular formula is C26H30FN3O4. The maximum Gasteiger partial charge on any atom is 0.261 e. The molecule has 0 saturated carbocycles. The van der Waals surface area contributed by atoms with Crippen LogP contribution in [0.3, 0.4) is 0 Å². The Balaban J connectivity index is 1.64. The first-order valence-electron chi connectivity index (χ1n) is 11.6. The lowest BCUT2D eigenvalue weighted by Crippen LogP contribution is -2.48. The molecule has 1 N–H and O–H groups in total. The van der Waals surface area contributed by atoms with Crippen molar-refractivity contribution in [2.75, 3.05) is 13.1 Å². The van der Waals surface area contributed by atoms with Crippen LogP contribution in [0, 0.1) is 5.82 Å². The van der Waals surface area contributed by atoms with Crippen molar-refractivity contribution in [1.82, 2.24) is 15.1 Å². The molecule has 2 aromatic carbocycles. The van der Waals surface area contributed by atoms with E-state index in [1.807, 2.05) is 6.92 Å². The molecule has 1 heterocycles. The van der Waals surface area contributed by atoms with Gasteiger partial charge in [0, 0.05) is 26.1 Å². The quantitative estimate of drug-likeness (QED) is 0.405. The molecule has 0 aliphatic carbocycles. The SMILES string of the molecule is CCCCNC(=O)[C@H](C)N(Cc1ccc(F)cc1)C(=O)CCCN1C(=O)c2ccccc2C1=O. The number of imide groups is 1. The molecule has 1 aliphatic heterocycles. The highest BCUT2D eigenvalue weighted by Crippen LogP contribution is 2.23. The van der Waals surface area contributed by atoms with Crippen LogP contribution in [0.5, 0.6) is 0 Å². The summed E-state index contributed by atoms with van der Waals surface area (Å²) in [5.41, 5.74) is 1.44. The fourth-order valence-electron chi connectivity index (χ4n) is 3.88. The van der Waals surface area contributed by atoms with Crippen molar-refractivity contribution in [3.63, 3.8) is 0 Å². The lowest BCUT2D eigenvalue weighted by molar-refractivity contribution is -0.140. The molecule has 2 aromatic rings. The smallest absolute Gasteiger partial charge is 0.261 e. The van der Waals surface area contributed by atoms with Gasteiger partial charge in [0.05, 0.1) is 11.1 Å². The van der Waals surface area contributed by atoms with E-state index in [0.717, 1.165) is 17.7 Å². The van der Waals surface area contributed by atoms with Crippen LogP contribution >= 0.6 is 0 Å². The number of unbranched alkanes of at least 4 members (excludes halogenated alkanes) is 1. The summed E-state index contributed by atoms with van der Waals surface area (Å²) in [6, 6.07) is 11.7. The molecule has 0 unspecified atom stereocenters. The van der Waals surface area contributed by atoms with Gasteiger partial charge in [-0.1, -0.05) is 37.6 Å². The number of fused-ring (bicyclic) bond motifs is 1. The van der Waals surface area contributed by atoms with Crippen molar-refractivity contribution in [1.29, 1.82) is 0 Å². The number of amides is 4. The summed E-state index contributed by atoms with van der Waals surface area (Å²) in [7, 11) is 0. The first-order valence-corrected chi connectivity index (χ1v) is 11.6. The van der Waals surface area contributed by atoms with E-state index >= 15 is 0 Å². The Hall–Kier alpha value is -3.55. The average Bonchev–Trinajstić information content (AvgIpc) is 3.08. The Labute approximate surface area is 198 Å². The molecule has 4 amide bonds. The number of carbonyl (C=O) groups is 4. The second-order valence-corrected chi connectivity index (χ2v) is 8.38. The van der Waals surface area contributed by atoms with Crippen LogP contribution in [0.25, 0.3) is 0 Å². The van der Waals surface area contributed by atoms with Crippen LogP contribution in [0.2, 0.25) is 0 Å². The Kier molecular flexibility index (Phi) is 8.51. The van der Waals surface area contributed by atoms with E-state index in [1.54, 1.807) is 43.3 Å². The highest BCUT2D eigenvalue weighted by atomic mass is 19.1. The van der Waals surface area contributed by atoms with Gasteiger partial charge in [-0.3, -0.25) is 24.1 Å². The third-order valence-corrected chi connectivity index (χ3v) is 5.91. The van der Waals surface area contributed by atoms with Crippen molar-refractivity contribution in [2.45, 2.75) is 52.1 Å². The Morgan fingerprint density at radius 2 is 1.62 bits per heavy atom. The third-order valence-electron chi connectivity index (χ3n) is 5.91. The maximum atomic E-state index is 13.3. The number of carbonyl (C=O) groups excluding carboxylic acids is 4. The third kappa shape index (κ3) is 5.87. The van der Waals surface area contributed by atoms with E-state index in [0.29, 0.717) is 23.2 Å². The van der Waals surface area contributed by atoms with Gasteiger partial charge in [0.1, 0.15) is 11.9 Å². The lowest BCUT2D eigenvalue weighted by atomic mass is 10.1. The topological polar surface area (TPSA) is 86.8 Å². The first-order chi connectivity index (χ1) is 16.3. The van der Waals surface area contributed by atoms with E-state index in [1.165, 1.54) is 17.0 Å². The molecular weight excluding hydrogens is 437 g/mol. The van der Waals surface area contributed by atoms with Gasteiger partial charge in [-0.2, -0.15) is 0 Å². The van der Waals surface area contributed by atoms with Gasteiger partial charge in [-0.05, 0) is 49.6 Å². The molecule has 0 aromatic heterocycles. The van der Waals surface area contributed by atoms with Gasteiger partial charge < -0.3 is 10.2 Å². The van der Waals surface area contributed by atoms with Gasteiger partial charge in [0.2, 0.25) is 11.8 Å². The normalized spacial score (nSPS) is 13.6. The second kappa shape index (κ2) is 11.5. The Morgan fingerprint density at radius 1 is 1.00 bits per heavy atom. The Morgan fingerprint density at radius 3 is 2.21 bits per heavy atom. The van der Waals surface area contributed by atoms with E-state index in [2.05, 4.69) is 5.32 Å². The van der Waals surface area contributed by atoms with Gasteiger partial charge in [-0.25, -0.2) is 4.39 Å². The standard InChI is InChI=1S/C26H30FN3O4/c1-3-4-15-28-24(32)18(2)30(17-19-11-13-20(27)14-12-19)23(31)10-7-16-29-25(33)21-8-5-6-9-22(21)26(29)34/h5-6,8-9,11-14,18H,3-4,7,10,15-17H2,1-2H3,(H,28,32)/t18-/m0/s1. The van der Waals surface area contributed by atoms with Crippen LogP contribution in [-0.4, -0.2) is 52.6 Å². The summed E-state index contributed by atoms with van der Waals surface area (Å²) in [6.07, 6.45) is 2.10. The predicted octanol–water partition coefficient (Wildman–Crippen LogP) is 3.54. The zero-order valence-electron chi connectivity index (χ0n) is 19.6. The zero-order valence-corrected chi connectivity index (χ0v) is 19.6. The van der Waals surface area contributed by atoms with Crippen molar-refractivity contribution in [3.8, 4) is 0 Å². The van der Waals surface area contributed by atoms with Crippen LogP contribution in [0.4, 0.5) is 4.39 Å². The minimum atomic E-state index is -0.728. The highest BCUT2D eigenvalue weighted by Gasteiger charge is 2.35. The molecule has 0 radical (unpaired) electrons. The van der Waals surface area contributed by atoms with Gasteiger partial charge >= 0.3 is 0 Å². The van der Waals surface area contributed by atoms with E-state index in [-0.39, 0.29) is 55.4 Å². The first kappa shape index (κ1) is 25.1. The molecule has 1 aliphatic rings. The summed E-state index contributed by atoms with van der Waals surface area (Å²) >= 11 is 0. The molecule has 0 saturated heterocycles. The number of hydrogen-bond acceptors (Lipinski definition) is 4. The average molecular weight is 468 g/mol. The zero-order chi connectivity index (χ0) is 24.7. The van der Waals surface area contributed by atoms with Gasteiger partial charge in [0.25, 0.3) is 11.8 Å².